The van der Waals surface area contributed by atoms with Crippen molar-refractivity contribution in [2.75, 3.05) is 0 Å². The molecule has 0 atom stereocenters. The normalized spacial score (nSPS) is 10.9. The Balaban J connectivity index is 2.92. The van der Waals surface area contributed by atoms with E-state index in [4.69, 9.17) is 11.6 Å². The van der Waals surface area contributed by atoms with E-state index in [0.29, 0.717) is 23.3 Å². The summed E-state index contributed by atoms with van der Waals surface area (Å²) in [7, 11) is 1.71. The van der Waals surface area contributed by atoms with Crippen LogP contribution in [-0.2, 0) is 13.6 Å². The predicted molar refractivity (Wildman–Crippen MR) is 62.7 cm³/mol. The van der Waals surface area contributed by atoms with Crippen LogP contribution < -0.4 is 5.56 Å². The van der Waals surface area contributed by atoms with Crippen molar-refractivity contribution in [1.29, 1.82) is 0 Å². The molecule has 6 heteroatoms. The van der Waals surface area contributed by atoms with Gasteiger partial charge in [-0.25, -0.2) is 4.98 Å². The van der Waals surface area contributed by atoms with Crippen molar-refractivity contribution in [3.8, 4) is 0 Å². The standard InChI is InChI=1S/C10H11ClN4O/c1-4-5-15-9(16)8-7(12-10(15)11)6(2)13-14(8)3/h4H,1,5H2,2-3H3. The monoisotopic (exact) mass is 238 g/mol. The third-order valence-corrected chi connectivity index (χ3v) is 2.67. The number of hydrogen-bond acceptors (Lipinski definition) is 3. The molecule has 16 heavy (non-hydrogen) atoms. The maximum atomic E-state index is 12.1. The fraction of sp³-hybridized carbons (Fsp3) is 0.300. The maximum absolute atomic E-state index is 12.1. The lowest BCUT2D eigenvalue weighted by Gasteiger charge is -2.04. The number of halogens is 1. The van der Waals surface area contributed by atoms with E-state index in [0.717, 1.165) is 0 Å². The lowest BCUT2D eigenvalue weighted by Crippen LogP contribution is -2.23. The van der Waals surface area contributed by atoms with E-state index in [2.05, 4.69) is 16.7 Å². The molecule has 2 heterocycles. The summed E-state index contributed by atoms with van der Waals surface area (Å²) in [5.41, 5.74) is 1.52. The Morgan fingerprint density at radius 1 is 1.56 bits per heavy atom. The van der Waals surface area contributed by atoms with Crippen LogP contribution in [0.3, 0.4) is 0 Å². The van der Waals surface area contributed by atoms with E-state index >= 15 is 0 Å². The van der Waals surface area contributed by atoms with Crippen LogP contribution in [-0.4, -0.2) is 19.3 Å². The van der Waals surface area contributed by atoms with Gasteiger partial charge in [-0.05, 0) is 18.5 Å². The van der Waals surface area contributed by atoms with Gasteiger partial charge < -0.3 is 0 Å². The van der Waals surface area contributed by atoms with E-state index in [-0.39, 0.29) is 10.8 Å². The molecule has 0 aliphatic rings. The Morgan fingerprint density at radius 2 is 2.25 bits per heavy atom. The molecule has 84 valence electrons. The molecule has 0 aromatic carbocycles. The molecule has 2 rings (SSSR count). The lowest BCUT2D eigenvalue weighted by molar-refractivity contribution is 0.741. The van der Waals surface area contributed by atoms with Crippen LogP contribution in [0, 0.1) is 6.92 Å². The highest BCUT2D eigenvalue weighted by atomic mass is 35.5. The van der Waals surface area contributed by atoms with Crippen molar-refractivity contribution < 1.29 is 0 Å². The molecule has 0 radical (unpaired) electrons. The van der Waals surface area contributed by atoms with E-state index < -0.39 is 0 Å². The van der Waals surface area contributed by atoms with Gasteiger partial charge in [0.05, 0.1) is 5.69 Å². The van der Waals surface area contributed by atoms with Crippen LogP contribution >= 0.6 is 11.6 Å². The van der Waals surface area contributed by atoms with Crippen molar-refractivity contribution in [2.24, 2.45) is 7.05 Å². The molecule has 0 saturated carbocycles. The first-order valence-corrected chi connectivity index (χ1v) is 5.14. The van der Waals surface area contributed by atoms with Gasteiger partial charge in [0.2, 0.25) is 5.28 Å². The zero-order valence-corrected chi connectivity index (χ0v) is 9.82. The van der Waals surface area contributed by atoms with Gasteiger partial charge in [-0.2, -0.15) is 5.10 Å². The molecular weight excluding hydrogens is 228 g/mol. The van der Waals surface area contributed by atoms with Crippen LogP contribution in [0.5, 0.6) is 0 Å². The predicted octanol–water partition coefficient (Wildman–Crippen LogP) is 1.28. The van der Waals surface area contributed by atoms with Crippen LogP contribution in [0.15, 0.2) is 17.4 Å². The zero-order chi connectivity index (χ0) is 11.9. The van der Waals surface area contributed by atoms with Crippen LogP contribution in [0.25, 0.3) is 11.0 Å². The molecule has 0 unspecified atom stereocenters. The summed E-state index contributed by atoms with van der Waals surface area (Å²) < 4.78 is 2.88. The summed E-state index contributed by atoms with van der Waals surface area (Å²) in [5.74, 6) is 0. The number of nitrogens with zero attached hydrogens (tertiary/aromatic N) is 4. The Labute approximate surface area is 97.0 Å². The minimum absolute atomic E-state index is 0.161. The molecule has 0 aliphatic heterocycles. The van der Waals surface area contributed by atoms with Gasteiger partial charge in [0.25, 0.3) is 5.56 Å². The summed E-state index contributed by atoms with van der Waals surface area (Å²) in [6.07, 6.45) is 1.60. The largest absolute Gasteiger partial charge is 0.280 e. The first kappa shape index (κ1) is 10.9. The summed E-state index contributed by atoms with van der Waals surface area (Å²) in [5, 5.41) is 4.31. The van der Waals surface area contributed by atoms with Gasteiger partial charge in [0.1, 0.15) is 5.52 Å². The van der Waals surface area contributed by atoms with Gasteiger partial charge in [0, 0.05) is 13.6 Å². The van der Waals surface area contributed by atoms with Gasteiger partial charge in [-0.3, -0.25) is 14.0 Å². The number of aryl methyl sites for hydroxylation is 2. The molecule has 0 saturated heterocycles. The summed E-state index contributed by atoms with van der Waals surface area (Å²) in [6, 6.07) is 0. The van der Waals surface area contributed by atoms with E-state index in [1.54, 1.807) is 20.0 Å². The molecule has 0 bridgehead atoms. The SMILES string of the molecule is C=CCn1c(Cl)nc2c(C)nn(C)c2c1=O. The number of rotatable bonds is 2. The van der Waals surface area contributed by atoms with Gasteiger partial charge in [0.15, 0.2) is 5.52 Å². The molecule has 0 N–H and O–H groups in total. The van der Waals surface area contributed by atoms with Crippen molar-refractivity contribution in [2.45, 2.75) is 13.5 Å². The molecular formula is C10H11ClN4O. The topological polar surface area (TPSA) is 52.7 Å². The number of aromatic nitrogens is 4. The van der Waals surface area contributed by atoms with Crippen molar-refractivity contribution in [3.05, 3.63) is 34.0 Å². The Morgan fingerprint density at radius 3 is 2.88 bits per heavy atom. The number of allylic oxidation sites excluding steroid dienone is 1. The third-order valence-electron chi connectivity index (χ3n) is 2.38. The second-order valence-corrected chi connectivity index (χ2v) is 3.83. The Kier molecular flexibility index (Phi) is 2.55. The average molecular weight is 239 g/mol. The highest BCUT2D eigenvalue weighted by Gasteiger charge is 2.14. The minimum Gasteiger partial charge on any atom is -0.278 e. The Bertz CT molecular complexity index is 626. The highest BCUT2D eigenvalue weighted by molar-refractivity contribution is 6.28. The summed E-state index contributed by atoms with van der Waals surface area (Å²) >= 11 is 5.94. The first-order chi connectivity index (χ1) is 7.56. The fourth-order valence-corrected chi connectivity index (χ4v) is 1.90. The average Bonchev–Trinajstić information content (AvgIpc) is 2.49. The smallest absolute Gasteiger partial charge is 0.278 e. The Hall–Kier alpha value is -1.62. The number of hydrogen-bond donors (Lipinski definition) is 0. The van der Waals surface area contributed by atoms with E-state index in [1.807, 2.05) is 0 Å². The van der Waals surface area contributed by atoms with E-state index in [1.165, 1.54) is 9.25 Å². The molecule has 5 nitrogen and oxygen atoms in total. The van der Waals surface area contributed by atoms with Crippen LogP contribution in [0.2, 0.25) is 5.28 Å². The summed E-state index contributed by atoms with van der Waals surface area (Å²) in [4.78, 5) is 16.3. The quantitative estimate of drug-likeness (QED) is 0.585. The maximum Gasteiger partial charge on any atom is 0.280 e. The summed E-state index contributed by atoms with van der Waals surface area (Å²) in [6.45, 7) is 5.71. The van der Waals surface area contributed by atoms with Crippen LogP contribution in [0.4, 0.5) is 0 Å². The van der Waals surface area contributed by atoms with E-state index in [9.17, 15) is 4.79 Å². The molecule has 0 spiro atoms. The first-order valence-electron chi connectivity index (χ1n) is 4.76. The second-order valence-electron chi connectivity index (χ2n) is 3.49. The molecule has 2 aromatic heterocycles. The van der Waals surface area contributed by atoms with Crippen LogP contribution in [0.1, 0.15) is 5.69 Å². The molecule has 0 amide bonds. The highest BCUT2D eigenvalue weighted by Crippen LogP contribution is 2.14. The number of fused-ring (bicyclic) bond motifs is 1. The van der Waals surface area contributed by atoms with Crippen molar-refractivity contribution >= 4 is 22.6 Å². The van der Waals surface area contributed by atoms with Crippen molar-refractivity contribution in [1.82, 2.24) is 19.3 Å². The van der Waals surface area contributed by atoms with Crippen molar-refractivity contribution in [3.63, 3.8) is 0 Å². The van der Waals surface area contributed by atoms with Gasteiger partial charge in [-0.15, -0.1) is 6.58 Å². The molecule has 0 aliphatic carbocycles. The fourth-order valence-electron chi connectivity index (χ4n) is 1.67. The lowest BCUT2D eigenvalue weighted by atomic mass is 10.3. The minimum atomic E-state index is -0.196. The molecule has 0 fully saturated rings. The van der Waals surface area contributed by atoms with Gasteiger partial charge in [-0.1, -0.05) is 6.08 Å². The molecule has 2 aromatic rings. The third kappa shape index (κ3) is 1.44. The van der Waals surface area contributed by atoms with Gasteiger partial charge >= 0.3 is 0 Å². The second kappa shape index (κ2) is 3.75. The zero-order valence-electron chi connectivity index (χ0n) is 9.07.